The van der Waals surface area contributed by atoms with Crippen LogP contribution >= 0.6 is 0 Å². The number of benzene rings is 1. The molecule has 0 saturated carbocycles. The minimum Gasteiger partial charge on any atom is -0.396 e. The SMILES string of the molecule is N#CC1(Cc2ccc(CCO)cc2)CCOCC1. The van der Waals surface area contributed by atoms with Crippen LogP contribution < -0.4 is 0 Å². The maximum Gasteiger partial charge on any atom is 0.0695 e. The van der Waals surface area contributed by atoms with Crippen molar-refractivity contribution in [2.24, 2.45) is 5.41 Å². The highest BCUT2D eigenvalue weighted by Crippen LogP contribution is 2.33. The molecule has 1 aliphatic rings. The Labute approximate surface area is 108 Å². The van der Waals surface area contributed by atoms with Gasteiger partial charge in [0.25, 0.3) is 0 Å². The monoisotopic (exact) mass is 245 g/mol. The van der Waals surface area contributed by atoms with E-state index in [1.807, 2.05) is 12.1 Å². The normalized spacial score (nSPS) is 18.2. The Bertz CT molecular complexity index is 413. The summed E-state index contributed by atoms with van der Waals surface area (Å²) >= 11 is 0. The molecule has 2 rings (SSSR count). The van der Waals surface area contributed by atoms with Crippen LogP contribution in [0.1, 0.15) is 24.0 Å². The highest BCUT2D eigenvalue weighted by atomic mass is 16.5. The molecule has 1 aromatic rings. The van der Waals surface area contributed by atoms with E-state index < -0.39 is 0 Å². The van der Waals surface area contributed by atoms with Gasteiger partial charge < -0.3 is 9.84 Å². The Morgan fingerprint density at radius 3 is 2.33 bits per heavy atom. The van der Waals surface area contributed by atoms with Crippen LogP contribution in [-0.4, -0.2) is 24.9 Å². The number of ether oxygens (including phenoxy) is 1. The van der Waals surface area contributed by atoms with Gasteiger partial charge in [0.2, 0.25) is 0 Å². The fraction of sp³-hybridized carbons (Fsp3) is 0.533. The summed E-state index contributed by atoms with van der Waals surface area (Å²) in [7, 11) is 0. The molecule has 0 spiro atoms. The molecule has 1 saturated heterocycles. The van der Waals surface area contributed by atoms with Gasteiger partial charge in [-0.25, -0.2) is 0 Å². The van der Waals surface area contributed by atoms with Crippen LogP contribution in [0.15, 0.2) is 24.3 Å². The van der Waals surface area contributed by atoms with Gasteiger partial charge in [-0.2, -0.15) is 5.26 Å². The first-order chi connectivity index (χ1) is 8.78. The summed E-state index contributed by atoms with van der Waals surface area (Å²) in [4.78, 5) is 0. The van der Waals surface area contributed by atoms with Crippen LogP contribution in [0, 0.1) is 16.7 Å². The average Bonchev–Trinajstić information content (AvgIpc) is 2.42. The molecular formula is C15H19NO2. The molecule has 96 valence electrons. The third-order valence-corrected chi connectivity index (χ3v) is 3.65. The van der Waals surface area contributed by atoms with Gasteiger partial charge in [0.15, 0.2) is 0 Å². The minimum absolute atomic E-state index is 0.179. The second-order valence-electron chi connectivity index (χ2n) is 4.97. The molecule has 0 radical (unpaired) electrons. The van der Waals surface area contributed by atoms with Crippen molar-refractivity contribution in [3.8, 4) is 6.07 Å². The van der Waals surface area contributed by atoms with Crippen molar-refractivity contribution in [3.05, 3.63) is 35.4 Å². The van der Waals surface area contributed by atoms with Crippen LogP contribution in [0.3, 0.4) is 0 Å². The van der Waals surface area contributed by atoms with E-state index in [0.717, 1.165) is 24.8 Å². The molecular weight excluding hydrogens is 226 g/mol. The number of aliphatic hydroxyl groups excluding tert-OH is 1. The first-order valence-electron chi connectivity index (χ1n) is 6.46. The highest BCUT2D eigenvalue weighted by Gasteiger charge is 2.32. The van der Waals surface area contributed by atoms with E-state index in [1.165, 1.54) is 5.56 Å². The molecule has 1 N–H and O–H groups in total. The summed E-state index contributed by atoms with van der Waals surface area (Å²) < 4.78 is 5.34. The minimum atomic E-state index is -0.253. The largest absolute Gasteiger partial charge is 0.396 e. The second kappa shape index (κ2) is 5.99. The van der Waals surface area contributed by atoms with Crippen LogP contribution in [-0.2, 0) is 17.6 Å². The third-order valence-electron chi connectivity index (χ3n) is 3.65. The lowest BCUT2D eigenvalue weighted by atomic mass is 9.76. The Morgan fingerprint density at radius 2 is 1.78 bits per heavy atom. The van der Waals surface area contributed by atoms with Gasteiger partial charge in [-0.15, -0.1) is 0 Å². The molecule has 1 fully saturated rings. The summed E-state index contributed by atoms with van der Waals surface area (Å²) in [5.74, 6) is 0. The van der Waals surface area contributed by atoms with Gasteiger partial charge in [0, 0.05) is 19.8 Å². The maximum atomic E-state index is 9.40. The first-order valence-corrected chi connectivity index (χ1v) is 6.46. The maximum absolute atomic E-state index is 9.40. The summed E-state index contributed by atoms with van der Waals surface area (Å²) in [5.41, 5.74) is 2.08. The molecule has 1 aromatic carbocycles. The van der Waals surface area contributed by atoms with Gasteiger partial charge >= 0.3 is 0 Å². The van der Waals surface area contributed by atoms with Gasteiger partial charge in [-0.05, 0) is 36.8 Å². The number of aliphatic hydroxyl groups is 1. The van der Waals surface area contributed by atoms with E-state index in [-0.39, 0.29) is 12.0 Å². The smallest absolute Gasteiger partial charge is 0.0695 e. The molecule has 0 atom stereocenters. The van der Waals surface area contributed by atoms with Crippen LogP contribution in [0.5, 0.6) is 0 Å². The van der Waals surface area contributed by atoms with Crippen LogP contribution in [0.4, 0.5) is 0 Å². The Kier molecular flexibility index (Phi) is 4.35. The predicted molar refractivity (Wildman–Crippen MR) is 69.0 cm³/mol. The second-order valence-corrected chi connectivity index (χ2v) is 4.97. The van der Waals surface area contributed by atoms with Crippen molar-refractivity contribution >= 4 is 0 Å². The van der Waals surface area contributed by atoms with Crippen molar-refractivity contribution in [1.82, 2.24) is 0 Å². The van der Waals surface area contributed by atoms with E-state index in [4.69, 9.17) is 9.84 Å². The third kappa shape index (κ3) is 3.10. The van der Waals surface area contributed by atoms with Crippen LogP contribution in [0.25, 0.3) is 0 Å². The number of rotatable bonds is 4. The van der Waals surface area contributed by atoms with Crippen LogP contribution in [0.2, 0.25) is 0 Å². The topological polar surface area (TPSA) is 53.2 Å². The molecule has 1 aliphatic heterocycles. The Balaban J connectivity index is 2.05. The first kappa shape index (κ1) is 13.1. The zero-order chi connectivity index (χ0) is 12.8. The van der Waals surface area contributed by atoms with Crippen molar-refractivity contribution in [3.63, 3.8) is 0 Å². The van der Waals surface area contributed by atoms with E-state index >= 15 is 0 Å². The standard InChI is InChI=1S/C15H19NO2/c16-12-15(6-9-18-10-7-15)11-14-3-1-13(2-4-14)5-8-17/h1-4,17H,5-11H2. The van der Waals surface area contributed by atoms with Crippen molar-refractivity contribution < 1.29 is 9.84 Å². The molecule has 1 heterocycles. The Hall–Kier alpha value is -1.37. The molecule has 18 heavy (non-hydrogen) atoms. The summed E-state index contributed by atoms with van der Waals surface area (Å²) in [6.07, 6.45) is 3.13. The molecule has 0 aliphatic carbocycles. The van der Waals surface area contributed by atoms with E-state index in [2.05, 4.69) is 18.2 Å². The fourth-order valence-electron chi connectivity index (χ4n) is 2.43. The van der Waals surface area contributed by atoms with Gasteiger partial charge in [-0.1, -0.05) is 24.3 Å². The number of hydrogen-bond acceptors (Lipinski definition) is 3. The molecule has 0 aromatic heterocycles. The number of nitrogens with zero attached hydrogens (tertiary/aromatic N) is 1. The number of nitriles is 1. The van der Waals surface area contributed by atoms with E-state index in [9.17, 15) is 5.26 Å². The molecule has 0 amide bonds. The quantitative estimate of drug-likeness (QED) is 0.883. The summed E-state index contributed by atoms with van der Waals surface area (Å²) in [6.45, 7) is 1.56. The van der Waals surface area contributed by atoms with Gasteiger partial charge in [-0.3, -0.25) is 0 Å². The predicted octanol–water partition coefficient (Wildman–Crippen LogP) is 2.08. The van der Waals surface area contributed by atoms with Crippen molar-refractivity contribution in [1.29, 1.82) is 5.26 Å². The van der Waals surface area contributed by atoms with Crippen molar-refractivity contribution in [2.45, 2.75) is 25.7 Å². The summed E-state index contributed by atoms with van der Waals surface area (Å²) in [5, 5.41) is 18.3. The molecule has 0 unspecified atom stereocenters. The van der Waals surface area contributed by atoms with E-state index in [0.29, 0.717) is 19.6 Å². The van der Waals surface area contributed by atoms with Gasteiger partial charge in [0.05, 0.1) is 11.5 Å². The lowest BCUT2D eigenvalue weighted by Gasteiger charge is -2.30. The lowest BCUT2D eigenvalue weighted by molar-refractivity contribution is 0.0406. The van der Waals surface area contributed by atoms with Crippen molar-refractivity contribution in [2.75, 3.05) is 19.8 Å². The van der Waals surface area contributed by atoms with E-state index in [1.54, 1.807) is 0 Å². The zero-order valence-corrected chi connectivity index (χ0v) is 10.6. The fourth-order valence-corrected chi connectivity index (χ4v) is 2.43. The molecule has 3 heteroatoms. The summed E-state index contributed by atoms with van der Waals surface area (Å²) in [6, 6.07) is 10.7. The zero-order valence-electron chi connectivity index (χ0n) is 10.6. The molecule has 0 bridgehead atoms. The highest BCUT2D eigenvalue weighted by molar-refractivity contribution is 5.25. The average molecular weight is 245 g/mol. The molecule has 3 nitrogen and oxygen atoms in total. The van der Waals surface area contributed by atoms with Gasteiger partial charge in [0.1, 0.15) is 0 Å². The lowest BCUT2D eigenvalue weighted by Crippen LogP contribution is -2.30. The number of hydrogen-bond donors (Lipinski definition) is 1. The Morgan fingerprint density at radius 1 is 1.17 bits per heavy atom.